The third-order valence-electron chi connectivity index (χ3n) is 2.72. The van der Waals surface area contributed by atoms with Crippen LogP contribution in [0.2, 0.25) is 0 Å². The molecular weight excluding hydrogens is 176 g/mol. The molecule has 0 heterocycles. The molecule has 3 nitrogen and oxygen atoms in total. The Labute approximate surface area is 88.6 Å². The van der Waals surface area contributed by atoms with E-state index in [1.54, 1.807) is 7.11 Å². The highest BCUT2D eigenvalue weighted by atomic mass is 16.5. The Balaban J connectivity index is 3.93. The van der Waals surface area contributed by atoms with Gasteiger partial charge in [-0.05, 0) is 26.3 Å². The lowest BCUT2D eigenvalue weighted by Crippen LogP contribution is -2.39. The van der Waals surface area contributed by atoms with Crippen molar-refractivity contribution >= 4 is 0 Å². The fourth-order valence-corrected chi connectivity index (χ4v) is 1.47. The Hall–Kier alpha value is -0.120. The Bertz CT molecular complexity index is 124. The van der Waals surface area contributed by atoms with Gasteiger partial charge in [0.05, 0.1) is 6.61 Å². The quantitative estimate of drug-likeness (QED) is 0.645. The van der Waals surface area contributed by atoms with Crippen molar-refractivity contribution in [2.45, 2.75) is 33.2 Å². The van der Waals surface area contributed by atoms with Gasteiger partial charge in [0.15, 0.2) is 0 Å². The predicted octanol–water partition coefficient (Wildman–Crippen LogP) is 1.33. The third-order valence-corrected chi connectivity index (χ3v) is 2.72. The maximum atomic E-state index is 5.70. The second kappa shape index (κ2) is 8.21. The number of methoxy groups -OCH3 is 1. The van der Waals surface area contributed by atoms with Crippen molar-refractivity contribution in [3.8, 4) is 0 Å². The van der Waals surface area contributed by atoms with Crippen LogP contribution in [0, 0.1) is 5.92 Å². The van der Waals surface area contributed by atoms with Gasteiger partial charge in [-0.2, -0.15) is 0 Å². The van der Waals surface area contributed by atoms with Crippen LogP contribution in [0.1, 0.15) is 27.2 Å². The molecule has 3 heteroatoms. The first-order valence-corrected chi connectivity index (χ1v) is 5.58. The zero-order valence-corrected chi connectivity index (χ0v) is 10.1. The second-order valence-corrected chi connectivity index (χ2v) is 4.09. The number of nitrogens with zero attached hydrogens (tertiary/aromatic N) is 1. The largest absolute Gasteiger partial charge is 0.383 e. The van der Waals surface area contributed by atoms with Crippen LogP contribution in [-0.4, -0.2) is 44.3 Å². The van der Waals surface area contributed by atoms with Crippen molar-refractivity contribution in [2.75, 3.05) is 33.4 Å². The minimum atomic E-state index is 0.575. The van der Waals surface area contributed by atoms with Crippen molar-refractivity contribution in [3.63, 3.8) is 0 Å². The van der Waals surface area contributed by atoms with Crippen molar-refractivity contribution in [3.05, 3.63) is 0 Å². The van der Waals surface area contributed by atoms with Gasteiger partial charge in [-0.1, -0.05) is 13.3 Å². The summed E-state index contributed by atoms with van der Waals surface area (Å²) in [6, 6.07) is 0.575. The average Bonchev–Trinajstić information content (AvgIpc) is 2.18. The Kier molecular flexibility index (Phi) is 8.14. The molecule has 1 atom stereocenters. The fraction of sp³-hybridized carbons (Fsp3) is 1.00. The molecule has 0 saturated heterocycles. The van der Waals surface area contributed by atoms with Crippen LogP contribution < -0.4 is 5.73 Å². The summed E-state index contributed by atoms with van der Waals surface area (Å²) in [7, 11) is 1.75. The van der Waals surface area contributed by atoms with Crippen LogP contribution in [0.3, 0.4) is 0 Å². The first-order valence-electron chi connectivity index (χ1n) is 5.58. The smallest absolute Gasteiger partial charge is 0.0589 e. The minimum Gasteiger partial charge on any atom is -0.383 e. The molecule has 14 heavy (non-hydrogen) atoms. The summed E-state index contributed by atoms with van der Waals surface area (Å²) >= 11 is 0. The highest BCUT2D eigenvalue weighted by molar-refractivity contribution is 4.68. The lowest BCUT2D eigenvalue weighted by molar-refractivity contribution is 0.116. The van der Waals surface area contributed by atoms with Crippen molar-refractivity contribution in [1.82, 2.24) is 4.90 Å². The van der Waals surface area contributed by atoms with E-state index < -0.39 is 0 Å². The average molecular weight is 202 g/mol. The van der Waals surface area contributed by atoms with Crippen LogP contribution in [0.5, 0.6) is 0 Å². The van der Waals surface area contributed by atoms with Crippen LogP contribution >= 0.6 is 0 Å². The van der Waals surface area contributed by atoms with E-state index in [1.807, 2.05) is 0 Å². The Morgan fingerprint density at radius 3 is 2.36 bits per heavy atom. The summed E-state index contributed by atoms with van der Waals surface area (Å²) in [5, 5.41) is 0. The number of hydrogen-bond donors (Lipinski definition) is 1. The molecule has 0 radical (unpaired) electrons. The first-order chi connectivity index (χ1) is 6.65. The van der Waals surface area contributed by atoms with E-state index in [4.69, 9.17) is 10.5 Å². The van der Waals surface area contributed by atoms with Gasteiger partial charge < -0.3 is 10.5 Å². The SMILES string of the molecule is CCC(CN)CN(CCOC)C(C)C. The summed E-state index contributed by atoms with van der Waals surface area (Å²) in [6.07, 6.45) is 1.16. The molecule has 0 aromatic rings. The van der Waals surface area contributed by atoms with E-state index in [9.17, 15) is 0 Å². The standard InChI is InChI=1S/C11H26N2O/c1-5-11(8-12)9-13(10(2)3)6-7-14-4/h10-11H,5-9,12H2,1-4H3. The monoisotopic (exact) mass is 202 g/mol. The number of nitrogens with two attached hydrogens (primary N) is 1. The summed E-state index contributed by atoms with van der Waals surface area (Å²) < 4.78 is 5.10. The molecule has 0 aromatic heterocycles. The van der Waals surface area contributed by atoms with E-state index in [1.165, 1.54) is 0 Å². The van der Waals surface area contributed by atoms with Gasteiger partial charge in [-0.3, -0.25) is 4.90 Å². The number of rotatable bonds is 8. The lowest BCUT2D eigenvalue weighted by atomic mass is 10.1. The topological polar surface area (TPSA) is 38.5 Å². The molecule has 0 saturated carbocycles. The van der Waals surface area contributed by atoms with E-state index in [2.05, 4.69) is 25.7 Å². The maximum Gasteiger partial charge on any atom is 0.0589 e. The molecule has 0 spiro atoms. The molecule has 0 bridgehead atoms. The zero-order chi connectivity index (χ0) is 11.0. The molecular formula is C11H26N2O. The first kappa shape index (κ1) is 13.9. The molecule has 0 amide bonds. The highest BCUT2D eigenvalue weighted by Crippen LogP contribution is 2.07. The summed E-state index contributed by atoms with van der Waals surface area (Å²) in [5.41, 5.74) is 5.70. The molecule has 0 aliphatic carbocycles. The van der Waals surface area contributed by atoms with Gasteiger partial charge in [0.25, 0.3) is 0 Å². The lowest BCUT2D eigenvalue weighted by Gasteiger charge is -2.29. The number of ether oxygens (including phenoxy) is 1. The van der Waals surface area contributed by atoms with E-state index in [0.29, 0.717) is 12.0 Å². The molecule has 0 aliphatic heterocycles. The molecule has 0 aliphatic rings. The van der Waals surface area contributed by atoms with E-state index in [-0.39, 0.29) is 0 Å². The molecule has 0 fully saturated rings. The van der Waals surface area contributed by atoms with Crippen LogP contribution in [0.15, 0.2) is 0 Å². The fourth-order valence-electron chi connectivity index (χ4n) is 1.47. The normalized spacial score (nSPS) is 13.9. The Morgan fingerprint density at radius 1 is 1.36 bits per heavy atom. The zero-order valence-electron chi connectivity index (χ0n) is 10.1. The number of hydrogen-bond acceptors (Lipinski definition) is 3. The van der Waals surface area contributed by atoms with E-state index in [0.717, 1.165) is 32.7 Å². The molecule has 2 N–H and O–H groups in total. The van der Waals surface area contributed by atoms with Gasteiger partial charge in [-0.25, -0.2) is 0 Å². The van der Waals surface area contributed by atoms with Crippen LogP contribution in [0.4, 0.5) is 0 Å². The van der Waals surface area contributed by atoms with Crippen LogP contribution in [-0.2, 0) is 4.74 Å². The van der Waals surface area contributed by atoms with Crippen molar-refractivity contribution in [1.29, 1.82) is 0 Å². The van der Waals surface area contributed by atoms with Gasteiger partial charge in [-0.15, -0.1) is 0 Å². The maximum absolute atomic E-state index is 5.70. The van der Waals surface area contributed by atoms with Crippen molar-refractivity contribution < 1.29 is 4.74 Å². The van der Waals surface area contributed by atoms with Gasteiger partial charge >= 0.3 is 0 Å². The summed E-state index contributed by atoms with van der Waals surface area (Å²) in [6.45, 7) is 10.3. The predicted molar refractivity (Wildman–Crippen MR) is 61.4 cm³/mol. The van der Waals surface area contributed by atoms with Gasteiger partial charge in [0.2, 0.25) is 0 Å². The molecule has 1 unspecified atom stereocenters. The van der Waals surface area contributed by atoms with E-state index >= 15 is 0 Å². The highest BCUT2D eigenvalue weighted by Gasteiger charge is 2.13. The van der Waals surface area contributed by atoms with Crippen molar-refractivity contribution in [2.24, 2.45) is 11.7 Å². The summed E-state index contributed by atoms with van der Waals surface area (Å²) in [4.78, 5) is 2.44. The molecule has 0 aromatic carbocycles. The molecule has 86 valence electrons. The van der Waals surface area contributed by atoms with Gasteiger partial charge in [0.1, 0.15) is 0 Å². The van der Waals surface area contributed by atoms with Crippen LogP contribution in [0.25, 0.3) is 0 Å². The third kappa shape index (κ3) is 5.58. The minimum absolute atomic E-state index is 0.575. The molecule has 0 rings (SSSR count). The Morgan fingerprint density at radius 2 is 2.00 bits per heavy atom. The van der Waals surface area contributed by atoms with Gasteiger partial charge in [0, 0.05) is 26.2 Å². The second-order valence-electron chi connectivity index (χ2n) is 4.09. The summed E-state index contributed by atoms with van der Waals surface area (Å²) in [5.74, 6) is 0.620.